The molecule has 0 saturated carbocycles. The third-order valence-electron chi connectivity index (χ3n) is 4.31. The topological polar surface area (TPSA) is 102 Å². The normalized spacial score (nSPS) is 15.7. The van der Waals surface area contributed by atoms with Crippen molar-refractivity contribution in [3.05, 3.63) is 64.7 Å². The predicted octanol–water partition coefficient (Wildman–Crippen LogP) is 2.16. The minimum atomic E-state index is -3.61. The third kappa shape index (κ3) is 4.28. The summed E-state index contributed by atoms with van der Waals surface area (Å²) >= 11 is 0. The fourth-order valence-electron chi connectivity index (χ4n) is 2.84. The van der Waals surface area contributed by atoms with E-state index in [-0.39, 0.29) is 36.1 Å². The first-order valence-electron chi connectivity index (χ1n) is 8.70. The van der Waals surface area contributed by atoms with Crippen molar-refractivity contribution in [1.82, 2.24) is 4.72 Å². The Labute approximate surface area is 163 Å². The lowest BCUT2D eigenvalue weighted by Gasteiger charge is -2.07. The van der Waals surface area contributed by atoms with E-state index in [1.165, 1.54) is 6.07 Å². The molecule has 0 aliphatic carbocycles. The van der Waals surface area contributed by atoms with Crippen molar-refractivity contribution in [3.63, 3.8) is 0 Å². The number of sulfonamides is 1. The van der Waals surface area contributed by atoms with Crippen LogP contribution in [0.15, 0.2) is 52.4 Å². The molecule has 0 atom stereocenters. The Morgan fingerprint density at radius 3 is 2.64 bits per heavy atom. The van der Waals surface area contributed by atoms with Crippen molar-refractivity contribution in [2.45, 2.75) is 25.2 Å². The zero-order valence-corrected chi connectivity index (χ0v) is 16.4. The molecule has 2 aromatic carbocycles. The molecule has 1 aliphatic rings. The number of ether oxygens (including phenoxy) is 1. The Morgan fingerprint density at radius 2 is 1.86 bits per heavy atom. The molecule has 0 spiro atoms. The summed E-state index contributed by atoms with van der Waals surface area (Å²) in [5.41, 5.74) is 2.78. The molecule has 0 unspecified atom stereocenters. The average molecular weight is 400 g/mol. The second-order valence-electron chi connectivity index (χ2n) is 6.48. The van der Waals surface area contributed by atoms with Crippen molar-refractivity contribution in [2.75, 3.05) is 13.2 Å². The number of carbonyl (C=O) groups excluding carboxylic acids is 2. The zero-order chi connectivity index (χ0) is 20.3. The van der Waals surface area contributed by atoms with Gasteiger partial charge in [-0.25, -0.2) is 8.42 Å². The van der Waals surface area contributed by atoms with Gasteiger partial charge in [-0.15, -0.1) is 0 Å². The molecule has 0 bridgehead atoms. The third-order valence-corrected chi connectivity index (χ3v) is 5.70. The maximum atomic E-state index is 12.2. The van der Waals surface area contributed by atoms with E-state index in [2.05, 4.69) is 9.71 Å². The number of fused-ring (bicyclic) bond motifs is 1. The number of Topliss-reactive ketones (excluding diaryl/α,β-unsaturated/α-hetero) is 1. The van der Waals surface area contributed by atoms with Crippen LogP contribution >= 0.6 is 0 Å². The highest BCUT2D eigenvalue weighted by atomic mass is 32.2. The highest BCUT2D eigenvalue weighted by molar-refractivity contribution is 7.90. The fourth-order valence-corrected chi connectivity index (χ4v) is 4.09. The summed E-state index contributed by atoms with van der Waals surface area (Å²) in [7, 11) is -3.61. The van der Waals surface area contributed by atoms with Gasteiger partial charge in [0.25, 0.3) is 10.0 Å². The molecule has 0 saturated heterocycles. The lowest BCUT2D eigenvalue weighted by Crippen LogP contribution is -2.22. The standard InChI is InChI=1S/C20H20N2O5S/c1-13-7-8-14(2)16(11-13)17(23)12-27-19(24)9-10-21-20-15-5-3-4-6-18(15)28(25,26)22-20/h3-8,11H,9-10,12H2,1-2H3,(H,21,22). The summed E-state index contributed by atoms with van der Waals surface area (Å²) in [6, 6.07) is 12.0. The monoisotopic (exact) mass is 400 g/mol. The van der Waals surface area contributed by atoms with Gasteiger partial charge >= 0.3 is 5.97 Å². The van der Waals surface area contributed by atoms with Crippen molar-refractivity contribution >= 4 is 27.6 Å². The second kappa shape index (κ2) is 7.93. The van der Waals surface area contributed by atoms with Crippen molar-refractivity contribution < 1.29 is 22.7 Å². The summed E-state index contributed by atoms with van der Waals surface area (Å²) in [4.78, 5) is 28.4. The molecule has 0 aromatic heterocycles. The lowest BCUT2D eigenvalue weighted by atomic mass is 10.0. The molecule has 3 rings (SSSR count). The number of hydrogen-bond acceptors (Lipinski definition) is 6. The molecule has 0 radical (unpaired) electrons. The molecule has 7 nitrogen and oxygen atoms in total. The number of aryl methyl sites for hydroxylation is 2. The molecule has 146 valence electrons. The number of amidine groups is 1. The number of carbonyl (C=O) groups is 2. The van der Waals surface area contributed by atoms with Gasteiger partial charge in [-0.1, -0.05) is 29.8 Å². The van der Waals surface area contributed by atoms with E-state index in [4.69, 9.17) is 4.74 Å². The van der Waals surface area contributed by atoms with E-state index in [0.29, 0.717) is 11.1 Å². The number of nitrogens with zero attached hydrogens (tertiary/aromatic N) is 1. The number of ketones is 1. The largest absolute Gasteiger partial charge is 0.457 e. The molecule has 0 fully saturated rings. The summed E-state index contributed by atoms with van der Waals surface area (Å²) in [6.45, 7) is 3.42. The minimum absolute atomic E-state index is 0.0443. The average Bonchev–Trinajstić information content (AvgIpc) is 2.92. The molecule has 28 heavy (non-hydrogen) atoms. The van der Waals surface area contributed by atoms with Gasteiger partial charge < -0.3 is 4.74 Å². The highest BCUT2D eigenvalue weighted by Crippen LogP contribution is 2.22. The van der Waals surface area contributed by atoms with E-state index in [9.17, 15) is 18.0 Å². The van der Waals surface area contributed by atoms with Crippen LogP contribution in [-0.4, -0.2) is 39.2 Å². The van der Waals surface area contributed by atoms with Crippen LogP contribution in [0.4, 0.5) is 0 Å². The first-order chi connectivity index (χ1) is 13.3. The first kappa shape index (κ1) is 19.8. The van der Waals surface area contributed by atoms with Gasteiger partial charge in [0, 0.05) is 11.1 Å². The zero-order valence-electron chi connectivity index (χ0n) is 15.6. The molecule has 1 N–H and O–H groups in total. The first-order valence-corrected chi connectivity index (χ1v) is 10.2. The van der Waals surface area contributed by atoms with E-state index >= 15 is 0 Å². The molecular weight excluding hydrogens is 380 g/mol. The SMILES string of the molecule is Cc1ccc(C)c(C(=O)COC(=O)CCN=C2NS(=O)(=O)c3ccccc32)c1. The van der Waals surface area contributed by atoms with Crippen LogP contribution in [0.2, 0.25) is 0 Å². The van der Waals surface area contributed by atoms with Gasteiger partial charge in [-0.3, -0.25) is 19.3 Å². The lowest BCUT2D eigenvalue weighted by molar-refractivity contribution is -0.142. The van der Waals surface area contributed by atoms with Crippen LogP contribution in [0.3, 0.4) is 0 Å². The van der Waals surface area contributed by atoms with Crippen LogP contribution in [0.5, 0.6) is 0 Å². The van der Waals surface area contributed by atoms with E-state index in [1.54, 1.807) is 24.3 Å². The summed E-state index contributed by atoms with van der Waals surface area (Å²) in [5, 5.41) is 0. The van der Waals surface area contributed by atoms with Crippen LogP contribution in [0.25, 0.3) is 0 Å². The number of nitrogens with one attached hydrogen (secondary N) is 1. The van der Waals surface area contributed by atoms with Gasteiger partial charge in [0.05, 0.1) is 17.9 Å². The molecule has 2 aromatic rings. The van der Waals surface area contributed by atoms with Crippen LogP contribution in [0, 0.1) is 13.8 Å². The number of benzene rings is 2. The van der Waals surface area contributed by atoms with Crippen molar-refractivity contribution in [1.29, 1.82) is 0 Å². The summed E-state index contributed by atoms with van der Waals surface area (Å²) in [6.07, 6.45) is -0.0620. The van der Waals surface area contributed by atoms with E-state index in [0.717, 1.165) is 11.1 Å². The van der Waals surface area contributed by atoms with Gasteiger partial charge in [-0.2, -0.15) is 0 Å². The van der Waals surface area contributed by atoms with Crippen LogP contribution in [-0.2, 0) is 19.6 Å². The maximum absolute atomic E-state index is 12.2. The number of rotatable bonds is 6. The molecule has 1 aliphatic heterocycles. The Bertz CT molecular complexity index is 1070. The Balaban J connectivity index is 1.55. The summed E-state index contributed by atoms with van der Waals surface area (Å²) < 4.78 is 31.4. The van der Waals surface area contributed by atoms with Gasteiger partial charge in [0.15, 0.2) is 6.61 Å². The van der Waals surface area contributed by atoms with E-state index < -0.39 is 16.0 Å². The number of aliphatic imine (C=N–C) groups is 1. The van der Waals surface area contributed by atoms with Gasteiger partial charge in [-0.05, 0) is 37.6 Å². The summed E-state index contributed by atoms with van der Waals surface area (Å²) in [5.74, 6) is -0.634. The second-order valence-corrected chi connectivity index (χ2v) is 8.14. The predicted molar refractivity (Wildman–Crippen MR) is 104 cm³/mol. The van der Waals surface area contributed by atoms with Crippen molar-refractivity contribution in [2.24, 2.45) is 4.99 Å². The number of esters is 1. The Morgan fingerprint density at radius 1 is 1.11 bits per heavy atom. The quantitative estimate of drug-likeness (QED) is 0.591. The van der Waals surface area contributed by atoms with Crippen LogP contribution in [0.1, 0.15) is 33.5 Å². The highest BCUT2D eigenvalue weighted by Gasteiger charge is 2.29. The van der Waals surface area contributed by atoms with Crippen LogP contribution < -0.4 is 4.72 Å². The van der Waals surface area contributed by atoms with Gasteiger partial charge in [0.2, 0.25) is 5.78 Å². The van der Waals surface area contributed by atoms with E-state index in [1.807, 2.05) is 26.0 Å². The maximum Gasteiger partial charge on any atom is 0.308 e. The fraction of sp³-hybridized carbons (Fsp3) is 0.250. The molecule has 1 heterocycles. The van der Waals surface area contributed by atoms with Gasteiger partial charge in [0.1, 0.15) is 5.84 Å². The Hall–Kier alpha value is -3.00. The number of hydrogen-bond donors (Lipinski definition) is 1. The minimum Gasteiger partial charge on any atom is -0.457 e. The Kier molecular flexibility index (Phi) is 5.60. The molecular formula is C20H20N2O5S. The van der Waals surface area contributed by atoms with Crippen molar-refractivity contribution in [3.8, 4) is 0 Å². The molecule has 0 amide bonds. The molecule has 8 heteroatoms. The smallest absolute Gasteiger partial charge is 0.308 e.